The van der Waals surface area contributed by atoms with Crippen molar-refractivity contribution in [2.24, 2.45) is 0 Å². The molecule has 7 nitrogen and oxygen atoms in total. The molecule has 3 heterocycles. The Balaban J connectivity index is 1.21. The first-order chi connectivity index (χ1) is 18.6. The minimum Gasteiger partial charge on any atom is -0.355 e. The van der Waals surface area contributed by atoms with Crippen molar-refractivity contribution in [3.8, 4) is 17.2 Å². The minimum atomic E-state index is -0.185. The van der Waals surface area contributed by atoms with Crippen LogP contribution in [0.3, 0.4) is 0 Å². The van der Waals surface area contributed by atoms with Gasteiger partial charge in [0.25, 0.3) is 5.91 Å². The lowest BCUT2D eigenvalue weighted by Crippen LogP contribution is -2.31. The molecule has 0 saturated carbocycles. The summed E-state index contributed by atoms with van der Waals surface area (Å²) >= 11 is 0. The van der Waals surface area contributed by atoms with E-state index < -0.39 is 0 Å². The fourth-order valence-electron chi connectivity index (χ4n) is 4.76. The number of carbonyl (C=O) groups excluding carboxylic acids is 1. The third kappa shape index (κ3) is 6.05. The summed E-state index contributed by atoms with van der Waals surface area (Å²) in [6, 6.07) is 23.2. The highest BCUT2D eigenvalue weighted by atomic mass is 16.1. The number of aromatic nitrogens is 2. The van der Waals surface area contributed by atoms with E-state index in [0.717, 1.165) is 61.7 Å². The van der Waals surface area contributed by atoms with E-state index in [0.29, 0.717) is 16.8 Å². The largest absolute Gasteiger partial charge is 0.355 e. The van der Waals surface area contributed by atoms with Gasteiger partial charge < -0.3 is 10.2 Å². The van der Waals surface area contributed by atoms with Crippen LogP contribution >= 0.6 is 0 Å². The fourth-order valence-corrected chi connectivity index (χ4v) is 4.76. The van der Waals surface area contributed by atoms with Gasteiger partial charge >= 0.3 is 0 Å². The molecular weight excluding hydrogens is 472 g/mol. The van der Waals surface area contributed by atoms with Gasteiger partial charge in [-0.2, -0.15) is 5.26 Å². The first-order valence-electron chi connectivity index (χ1n) is 12.8. The van der Waals surface area contributed by atoms with Crippen LogP contribution in [0.2, 0.25) is 0 Å². The van der Waals surface area contributed by atoms with E-state index in [1.807, 2.05) is 61.7 Å². The molecular formula is C31H30N6O. The van der Waals surface area contributed by atoms with Gasteiger partial charge in [-0.05, 0) is 78.1 Å². The van der Waals surface area contributed by atoms with E-state index in [4.69, 9.17) is 5.26 Å². The van der Waals surface area contributed by atoms with Crippen molar-refractivity contribution >= 4 is 17.4 Å². The summed E-state index contributed by atoms with van der Waals surface area (Å²) in [7, 11) is 0. The van der Waals surface area contributed by atoms with Crippen LogP contribution in [0, 0.1) is 18.3 Å². The average Bonchev–Trinajstić information content (AvgIpc) is 3.20. The number of nitriles is 1. The number of benzene rings is 2. The molecule has 2 aromatic carbocycles. The highest BCUT2D eigenvalue weighted by molar-refractivity contribution is 6.05. The van der Waals surface area contributed by atoms with Crippen LogP contribution in [0.25, 0.3) is 11.1 Å². The topological polar surface area (TPSA) is 85.2 Å². The zero-order valence-electron chi connectivity index (χ0n) is 21.5. The molecule has 0 aliphatic carbocycles. The quantitative estimate of drug-likeness (QED) is 0.386. The molecule has 1 fully saturated rings. The molecule has 1 N–H and O–H groups in total. The Hall–Kier alpha value is -4.54. The molecule has 5 rings (SSSR count). The van der Waals surface area contributed by atoms with E-state index in [2.05, 4.69) is 37.2 Å². The number of nitrogens with one attached hydrogen (secondary N) is 1. The highest BCUT2D eigenvalue weighted by Crippen LogP contribution is 2.26. The van der Waals surface area contributed by atoms with Gasteiger partial charge in [0.05, 0.1) is 23.5 Å². The Morgan fingerprint density at radius 1 is 1.00 bits per heavy atom. The Morgan fingerprint density at radius 3 is 2.61 bits per heavy atom. The van der Waals surface area contributed by atoms with E-state index in [1.165, 1.54) is 5.56 Å². The number of rotatable bonds is 6. The summed E-state index contributed by atoms with van der Waals surface area (Å²) in [5.74, 6) is 0.736. The Labute approximate surface area is 223 Å². The number of carbonyl (C=O) groups is 1. The molecule has 190 valence electrons. The van der Waals surface area contributed by atoms with Crippen molar-refractivity contribution in [2.75, 3.05) is 36.4 Å². The van der Waals surface area contributed by atoms with Gasteiger partial charge in [-0.15, -0.1) is 0 Å². The smallest absolute Gasteiger partial charge is 0.255 e. The predicted molar refractivity (Wildman–Crippen MR) is 150 cm³/mol. The number of hydrogen-bond acceptors (Lipinski definition) is 6. The minimum absolute atomic E-state index is 0.185. The van der Waals surface area contributed by atoms with Crippen molar-refractivity contribution in [2.45, 2.75) is 19.9 Å². The standard InChI is InChI=1S/C31H30N6O/c1-23-5-8-27(18-29(23)26-9-6-24(19-32)7-10-26)31(38)35-28-11-12-30(34-21-28)37-15-3-14-36(16-17-37)22-25-4-2-13-33-20-25/h2,4-13,18,20-21H,3,14-17,22H2,1H3,(H,35,38). The number of hydrogen-bond donors (Lipinski definition) is 1. The monoisotopic (exact) mass is 502 g/mol. The molecule has 1 aliphatic rings. The number of pyridine rings is 2. The molecule has 0 spiro atoms. The maximum Gasteiger partial charge on any atom is 0.255 e. The predicted octanol–water partition coefficient (Wildman–Crippen LogP) is 5.29. The number of nitrogens with zero attached hydrogens (tertiary/aromatic N) is 5. The van der Waals surface area contributed by atoms with Gasteiger partial charge in [0.15, 0.2) is 0 Å². The second-order valence-electron chi connectivity index (χ2n) is 9.56. The summed E-state index contributed by atoms with van der Waals surface area (Å²) in [6.07, 6.45) is 6.53. The summed E-state index contributed by atoms with van der Waals surface area (Å²) in [4.78, 5) is 26.7. The number of anilines is 2. The van der Waals surface area contributed by atoms with Gasteiger partial charge in [0.2, 0.25) is 0 Å². The number of aryl methyl sites for hydroxylation is 1. The lowest BCUT2D eigenvalue weighted by atomic mass is 9.97. The Bertz CT molecular complexity index is 1430. The molecule has 38 heavy (non-hydrogen) atoms. The van der Waals surface area contributed by atoms with E-state index in [1.54, 1.807) is 24.5 Å². The van der Waals surface area contributed by atoms with Crippen molar-refractivity contribution < 1.29 is 4.79 Å². The second-order valence-corrected chi connectivity index (χ2v) is 9.56. The fraction of sp³-hybridized carbons (Fsp3) is 0.226. The van der Waals surface area contributed by atoms with Gasteiger partial charge in [-0.25, -0.2) is 4.98 Å². The molecule has 0 radical (unpaired) electrons. The van der Waals surface area contributed by atoms with Crippen LogP contribution in [-0.4, -0.2) is 47.0 Å². The second kappa shape index (κ2) is 11.7. The molecule has 0 atom stereocenters. The molecule has 0 bridgehead atoms. The van der Waals surface area contributed by atoms with Gasteiger partial charge in [-0.3, -0.25) is 14.7 Å². The highest BCUT2D eigenvalue weighted by Gasteiger charge is 2.17. The van der Waals surface area contributed by atoms with E-state index in [9.17, 15) is 4.79 Å². The molecule has 1 amide bonds. The molecule has 1 aliphatic heterocycles. The maximum atomic E-state index is 13.0. The lowest BCUT2D eigenvalue weighted by Gasteiger charge is -2.23. The lowest BCUT2D eigenvalue weighted by molar-refractivity contribution is 0.102. The normalized spacial score (nSPS) is 13.9. The van der Waals surface area contributed by atoms with Crippen LogP contribution in [0.5, 0.6) is 0 Å². The summed E-state index contributed by atoms with van der Waals surface area (Å²) < 4.78 is 0. The molecule has 4 aromatic rings. The van der Waals surface area contributed by atoms with Gasteiger partial charge in [0.1, 0.15) is 5.82 Å². The molecule has 7 heteroatoms. The number of amides is 1. The molecule has 0 unspecified atom stereocenters. The Morgan fingerprint density at radius 2 is 1.87 bits per heavy atom. The first-order valence-corrected chi connectivity index (χ1v) is 12.8. The van der Waals surface area contributed by atoms with Gasteiger partial charge in [-0.1, -0.05) is 24.3 Å². The maximum absolute atomic E-state index is 13.0. The van der Waals surface area contributed by atoms with Crippen LogP contribution in [0.15, 0.2) is 85.3 Å². The third-order valence-electron chi connectivity index (χ3n) is 6.87. The van der Waals surface area contributed by atoms with Crippen molar-refractivity contribution in [3.63, 3.8) is 0 Å². The Kier molecular flexibility index (Phi) is 7.72. The van der Waals surface area contributed by atoms with E-state index >= 15 is 0 Å². The first kappa shape index (κ1) is 25.1. The summed E-state index contributed by atoms with van der Waals surface area (Å²) in [5.41, 5.74) is 6.07. The summed E-state index contributed by atoms with van der Waals surface area (Å²) in [6.45, 7) is 6.78. The summed E-state index contributed by atoms with van der Waals surface area (Å²) in [5, 5.41) is 12.0. The van der Waals surface area contributed by atoms with E-state index in [-0.39, 0.29) is 5.91 Å². The average molecular weight is 503 g/mol. The zero-order valence-corrected chi connectivity index (χ0v) is 21.5. The van der Waals surface area contributed by atoms with Gasteiger partial charge in [0, 0.05) is 50.7 Å². The molecule has 2 aromatic heterocycles. The van der Waals surface area contributed by atoms with Crippen molar-refractivity contribution in [1.29, 1.82) is 5.26 Å². The SMILES string of the molecule is Cc1ccc(C(=O)Nc2ccc(N3CCCN(Cc4cccnc4)CC3)nc2)cc1-c1ccc(C#N)cc1. The third-order valence-corrected chi connectivity index (χ3v) is 6.87. The van der Waals surface area contributed by atoms with Crippen LogP contribution in [-0.2, 0) is 6.54 Å². The van der Waals surface area contributed by atoms with Crippen molar-refractivity contribution in [3.05, 3.63) is 108 Å². The van der Waals surface area contributed by atoms with Crippen molar-refractivity contribution in [1.82, 2.24) is 14.9 Å². The van der Waals surface area contributed by atoms with Crippen LogP contribution in [0.4, 0.5) is 11.5 Å². The van der Waals surface area contributed by atoms with Crippen LogP contribution < -0.4 is 10.2 Å². The molecule has 1 saturated heterocycles. The van der Waals surface area contributed by atoms with Crippen LogP contribution in [0.1, 0.15) is 33.5 Å². The zero-order chi connectivity index (χ0) is 26.3.